The van der Waals surface area contributed by atoms with Crippen molar-refractivity contribution in [2.75, 3.05) is 20.3 Å². The minimum absolute atomic E-state index is 0.120. The maximum Gasteiger partial charge on any atom is 0.410 e. The van der Waals surface area contributed by atoms with Crippen LogP contribution in [0.3, 0.4) is 0 Å². The molecule has 0 spiro atoms. The molecule has 0 radical (unpaired) electrons. The summed E-state index contributed by atoms with van der Waals surface area (Å²) in [6.45, 7) is 13.6. The van der Waals surface area contributed by atoms with Crippen LogP contribution in [0.25, 0.3) is 0 Å². The number of hydrogen-bond donors (Lipinski definition) is 0. The monoisotopic (exact) mass is 303 g/mol. The number of hydrogen-bond acceptors (Lipinski definition) is 4. The Balaban J connectivity index is 2.69. The first-order chi connectivity index (χ1) is 9.02. The second kappa shape index (κ2) is 6.56. The summed E-state index contributed by atoms with van der Waals surface area (Å²) in [5.41, 5.74) is -0.454. The summed E-state index contributed by atoms with van der Waals surface area (Å²) in [4.78, 5) is 14.1. The highest BCUT2D eigenvalue weighted by Gasteiger charge is 2.39. The van der Waals surface area contributed by atoms with Crippen LogP contribution in [0.15, 0.2) is 0 Å². The molecule has 5 heteroatoms. The van der Waals surface area contributed by atoms with Crippen molar-refractivity contribution in [3.05, 3.63) is 0 Å². The molecule has 0 saturated carbocycles. The van der Waals surface area contributed by atoms with Gasteiger partial charge in [-0.05, 0) is 27.2 Å². The maximum absolute atomic E-state index is 12.3. The molecule has 0 aromatic heterocycles. The number of amides is 1. The lowest BCUT2D eigenvalue weighted by molar-refractivity contribution is 0.0148. The summed E-state index contributed by atoms with van der Waals surface area (Å²) in [7, 11) is 1.68. The van der Waals surface area contributed by atoms with Crippen LogP contribution in [-0.2, 0) is 9.47 Å². The molecule has 1 aliphatic heterocycles. The lowest BCUT2D eigenvalue weighted by Gasteiger charge is -2.28. The van der Waals surface area contributed by atoms with Crippen molar-refractivity contribution in [2.45, 2.75) is 69.6 Å². The highest BCUT2D eigenvalue weighted by atomic mass is 32.2. The molecule has 118 valence electrons. The van der Waals surface area contributed by atoms with Crippen LogP contribution >= 0.6 is 11.8 Å². The summed E-state index contributed by atoms with van der Waals surface area (Å²) in [6, 6.07) is 0.120. The van der Waals surface area contributed by atoms with Gasteiger partial charge in [-0.2, -0.15) is 11.8 Å². The van der Waals surface area contributed by atoms with Gasteiger partial charge in [0.05, 0.1) is 12.6 Å². The minimum Gasteiger partial charge on any atom is -0.444 e. The van der Waals surface area contributed by atoms with E-state index in [0.29, 0.717) is 11.9 Å². The molecule has 0 aromatic carbocycles. The number of thioether (sulfide) groups is 1. The molecule has 0 aromatic rings. The summed E-state index contributed by atoms with van der Waals surface area (Å²) < 4.78 is 11.0. The number of rotatable bonds is 3. The van der Waals surface area contributed by atoms with Crippen LogP contribution in [0.1, 0.15) is 48.0 Å². The Morgan fingerprint density at radius 3 is 2.30 bits per heavy atom. The number of likely N-dealkylation sites (tertiary alicyclic amines) is 1. The first-order valence-corrected chi connectivity index (χ1v) is 8.06. The molecule has 1 saturated heterocycles. The van der Waals surface area contributed by atoms with E-state index in [-0.39, 0.29) is 16.9 Å². The molecule has 1 aliphatic rings. The van der Waals surface area contributed by atoms with Crippen molar-refractivity contribution in [3.8, 4) is 0 Å². The van der Waals surface area contributed by atoms with E-state index in [1.807, 2.05) is 37.4 Å². The standard InChI is InChI=1S/C15H29NO3S/c1-14(2,3)19-13(17)16-9-12(20-15(4,5)6)8-11(16)10-18-7/h11-12H,8-10H2,1-7H3/t11-,12-/m0/s1. The third-order valence-corrected chi connectivity index (χ3v) is 4.27. The van der Waals surface area contributed by atoms with Gasteiger partial charge >= 0.3 is 6.09 Å². The van der Waals surface area contributed by atoms with E-state index < -0.39 is 5.60 Å². The molecule has 0 N–H and O–H groups in total. The van der Waals surface area contributed by atoms with Gasteiger partial charge in [0, 0.05) is 23.7 Å². The van der Waals surface area contributed by atoms with E-state index in [2.05, 4.69) is 20.8 Å². The largest absolute Gasteiger partial charge is 0.444 e. The van der Waals surface area contributed by atoms with E-state index in [1.54, 1.807) is 7.11 Å². The van der Waals surface area contributed by atoms with E-state index in [1.165, 1.54) is 0 Å². The van der Waals surface area contributed by atoms with Crippen LogP contribution in [0, 0.1) is 0 Å². The van der Waals surface area contributed by atoms with E-state index in [0.717, 1.165) is 13.0 Å². The molecule has 2 atom stereocenters. The van der Waals surface area contributed by atoms with E-state index >= 15 is 0 Å². The Bertz CT molecular complexity index is 333. The Morgan fingerprint density at radius 2 is 1.85 bits per heavy atom. The number of carbonyl (C=O) groups is 1. The molecule has 0 unspecified atom stereocenters. The molecule has 0 bridgehead atoms. The average molecular weight is 303 g/mol. The lowest BCUT2D eigenvalue weighted by atomic mass is 10.2. The fourth-order valence-corrected chi connectivity index (χ4v) is 3.91. The van der Waals surface area contributed by atoms with Crippen LogP contribution in [0.2, 0.25) is 0 Å². The zero-order chi connectivity index (χ0) is 15.6. The Hall–Kier alpha value is -0.420. The summed E-state index contributed by atoms with van der Waals surface area (Å²) in [5, 5.41) is 0.447. The van der Waals surface area contributed by atoms with E-state index in [9.17, 15) is 4.79 Å². The van der Waals surface area contributed by atoms with Gasteiger partial charge in [-0.3, -0.25) is 0 Å². The molecule has 4 nitrogen and oxygen atoms in total. The SMILES string of the molecule is COC[C@@H]1C[C@H](SC(C)(C)C)CN1C(=O)OC(C)(C)C. The number of nitrogens with zero attached hydrogens (tertiary/aromatic N) is 1. The Kier molecular flexibility index (Phi) is 5.79. The number of ether oxygens (including phenoxy) is 2. The lowest BCUT2D eigenvalue weighted by Crippen LogP contribution is -2.41. The highest BCUT2D eigenvalue weighted by Crippen LogP contribution is 2.36. The van der Waals surface area contributed by atoms with Crippen molar-refractivity contribution in [1.29, 1.82) is 0 Å². The predicted molar refractivity (Wildman–Crippen MR) is 84.4 cm³/mol. The smallest absolute Gasteiger partial charge is 0.410 e. The minimum atomic E-state index is -0.454. The molecule has 1 heterocycles. The van der Waals surface area contributed by atoms with Gasteiger partial charge in [-0.15, -0.1) is 0 Å². The number of methoxy groups -OCH3 is 1. The summed E-state index contributed by atoms with van der Waals surface area (Å²) in [6.07, 6.45) is 0.742. The molecule has 0 aliphatic carbocycles. The van der Waals surface area contributed by atoms with Gasteiger partial charge in [-0.1, -0.05) is 20.8 Å². The topological polar surface area (TPSA) is 38.8 Å². The van der Waals surface area contributed by atoms with Crippen molar-refractivity contribution < 1.29 is 14.3 Å². The molecule has 1 amide bonds. The van der Waals surface area contributed by atoms with Crippen LogP contribution < -0.4 is 0 Å². The molecular formula is C15H29NO3S. The molecule has 20 heavy (non-hydrogen) atoms. The van der Waals surface area contributed by atoms with Crippen LogP contribution in [0.5, 0.6) is 0 Å². The summed E-state index contributed by atoms with van der Waals surface area (Å²) >= 11 is 1.93. The van der Waals surface area contributed by atoms with Crippen LogP contribution in [0.4, 0.5) is 4.79 Å². The first-order valence-electron chi connectivity index (χ1n) is 7.18. The van der Waals surface area contributed by atoms with Crippen molar-refractivity contribution >= 4 is 17.9 Å². The zero-order valence-electron chi connectivity index (χ0n) is 13.9. The predicted octanol–water partition coefficient (Wildman–Crippen LogP) is 3.54. The second-order valence-electron chi connectivity index (χ2n) is 7.33. The van der Waals surface area contributed by atoms with Gasteiger partial charge < -0.3 is 14.4 Å². The Labute approximate surface area is 127 Å². The fraction of sp³-hybridized carbons (Fsp3) is 0.933. The molecule has 1 fully saturated rings. The van der Waals surface area contributed by atoms with Gasteiger partial charge in [0.2, 0.25) is 0 Å². The first kappa shape index (κ1) is 17.6. The van der Waals surface area contributed by atoms with Gasteiger partial charge in [0.25, 0.3) is 0 Å². The highest BCUT2D eigenvalue weighted by molar-refractivity contribution is 8.01. The Morgan fingerprint density at radius 1 is 1.25 bits per heavy atom. The third-order valence-electron chi connectivity index (χ3n) is 2.88. The van der Waals surface area contributed by atoms with Gasteiger partial charge in [0.15, 0.2) is 0 Å². The van der Waals surface area contributed by atoms with Crippen molar-refractivity contribution in [2.24, 2.45) is 0 Å². The summed E-state index contributed by atoms with van der Waals surface area (Å²) in [5.74, 6) is 0. The van der Waals surface area contributed by atoms with Gasteiger partial charge in [0.1, 0.15) is 5.60 Å². The quantitative estimate of drug-likeness (QED) is 0.799. The fourth-order valence-electron chi connectivity index (χ4n) is 2.35. The van der Waals surface area contributed by atoms with Crippen LogP contribution in [-0.4, -0.2) is 52.9 Å². The normalized spacial score (nSPS) is 24.1. The second-order valence-corrected chi connectivity index (χ2v) is 9.46. The average Bonchev–Trinajstić information content (AvgIpc) is 2.56. The van der Waals surface area contributed by atoms with E-state index in [4.69, 9.17) is 9.47 Å². The van der Waals surface area contributed by atoms with Gasteiger partial charge in [-0.25, -0.2) is 4.79 Å². The van der Waals surface area contributed by atoms with Crippen molar-refractivity contribution in [3.63, 3.8) is 0 Å². The maximum atomic E-state index is 12.3. The number of carbonyl (C=O) groups excluding carboxylic acids is 1. The molecular weight excluding hydrogens is 274 g/mol. The zero-order valence-corrected chi connectivity index (χ0v) is 14.7. The molecule has 1 rings (SSSR count). The van der Waals surface area contributed by atoms with Crippen molar-refractivity contribution in [1.82, 2.24) is 4.90 Å². The third kappa shape index (κ3) is 5.92.